The van der Waals surface area contributed by atoms with Gasteiger partial charge in [0, 0.05) is 17.1 Å². The molecule has 4 rings (SSSR count). The van der Waals surface area contributed by atoms with E-state index >= 15 is 0 Å². The van der Waals surface area contributed by atoms with E-state index in [1.807, 2.05) is 27.7 Å². The molecular weight excluding hydrogens is 542 g/mol. The molecule has 3 unspecified atom stereocenters. The van der Waals surface area contributed by atoms with Crippen molar-refractivity contribution in [3.05, 3.63) is 24.3 Å². The first-order chi connectivity index (χ1) is 17.7. The van der Waals surface area contributed by atoms with Crippen molar-refractivity contribution < 1.29 is 29.0 Å². The van der Waals surface area contributed by atoms with E-state index in [2.05, 4.69) is 26.6 Å². The lowest BCUT2D eigenvalue weighted by atomic mass is 9.70. The van der Waals surface area contributed by atoms with Crippen molar-refractivity contribution >= 4 is 39.3 Å². The second-order valence-electron chi connectivity index (χ2n) is 10.5. The fraction of sp³-hybridized carbons (Fsp3) is 0.667. The van der Waals surface area contributed by atoms with Crippen LogP contribution in [0, 0.1) is 17.8 Å². The number of benzene rings is 1. The number of amides is 3. The second-order valence-corrected chi connectivity index (χ2v) is 11.7. The van der Waals surface area contributed by atoms with E-state index in [0.717, 1.165) is 12.8 Å². The van der Waals surface area contributed by atoms with E-state index in [-0.39, 0.29) is 35.1 Å². The van der Waals surface area contributed by atoms with E-state index in [0.29, 0.717) is 31.0 Å². The molecule has 3 aliphatic heterocycles. The highest BCUT2D eigenvalue weighted by molar-refractivity contribution is 9.09. The van der Waals surface area contributed by atoms with E-state index in [4.69, 9.17) is 9.47 Å². The first kappa shape index (κ1) is 27.9. The SMILES string of the molecule is CCCCNC(=O)C1N([C@@H](CO)C(C)C)C(=O)[C@@H]2[C@@H](C(=O)Nc3ccc(OCC)cc3)[C@@H]3OC12CC3Br. The third-order valence-corrected chi connectivity index (χ3v) is 8.70. The van der Waals surface area contributed by atoms with Crippen LogP contribution in [0.15, 0.2) is 24.3 Å². The summed E-state index contributed by atoms with van der Waals surface area (Å²) in [6.07, 6.45) is 1.62. The molecule has 3 N–H and O–H groups in total. The number of ether oxygens (including phenoxy) is 2. The van der Waals surface area contributed by atoms with Crippen LogP contribution in [0.1, 0.15) is 47.0 Å². The Morgan fingerprint density at radius 3 is 2.54 bits per heavy atom. The number of alkyl halides is 1. The Balaban J connectivity index is 1.67. The van der Waals surface area contributed by atoms with Gasteiger partial charge in [0.15, 0.2) is 0 Å². The molecule has 7 atom stereocenters. The molecule has 3 amide bonds. The summed E-state index contributed by atoms with van der Waals surface area (Å²) in [6, 6.07) is 5.57. The fourth-order valence-electron chi connectivity index (χ4n) is 6.16. The van der Waals surface area contributed by atoms with Crippen molar-refractivity contribution in [3.63, 3.8) is 0 Å². The molecule has 3 heterocycles. The van der Waals surface area contributed by atoms with Crippen molar-refractivity contribution in [2.45, 2.75) is 75.6 Å². The number of aliphatic hydroxyl groups is 1. The van der Waals surface area contributed by atoms with Crippen LogP contribution in [0.3, 0.4) is 0 Å². The Kier molecular flexibility index (Phi) is 8.50. The minimum Gasteiger partial charge on any atom is -0.494 e. The molecule has 1 aromatic carbocycles. The smallest absolute Gasteiger partial charge is 0.245 e. The molecule has 0 radical (unpaired) electrons. The molecule has 3 aliphatic rings. The number of hydrogen-bond donors (Lipinski definition) is 3. The zero-order chi connectivity index (χ0) is 26.9. The number of rotatable bonds is 11. The Hall–Kier alpha value is -2.17. The van der Waals surface area contributed by atoms with Crippen LogP contribution in [-0.4, -0.2) is 76.1 Å². The van der Waals surface area contributed by atoms with Crippen LogP contribution in [0.2, 0.25) is 0 Å². The van der Waals surface area contributed by atoms with Crippen molar-refractivity contribution in [2.75, 3.05) is 25.1 Å². The lowest BCUT2D eigenvalue weighted by molar-refractivity contribution is -0.146. The molecule has 37 heavy (non-hydrogen) atoms. The summed E-state index contributed by atoms with van der Waals surface area (Å²) in [5, 5.41) is 16.2. The molecule has 10 heteroatoms. The van der Waals surface area contributed by atoms with E-state index in [1.54, 1.807) is 24.3 Å². The normalized spacial score (nSPS) is 30.9. The number of likely N-dealkylation sites (tertiary alicyclic amines) is 1. The van der Waals surface area contributed by atoms with Crippen molar-refractivity contribution in [2.24, 2.45) is 17.8 Å². The van der Waals surface area contributed by atoms with Gasteiger partial charge in [-0.15, -0.1) is 0 Å². The van der Waals surface area contributed by atoms with Gasteiger partial charge in [-0.2, -0.15) is 0 Å². The molecule has 3 fully saturated rings. The predicted molar refractivity (Wildman–Crippen MR) is 142 cm³/mol. The third-order valence-electron chi connectivity index (χ3n) is 7.85. The summed E-state index contributed by atoms with van der Waals surface area (Å²) < 4.78 is 12.0. The van der Waals surface area contributed by atoms with Gasteiger partial charge in [0.25, 0.3) is 0 Å². The van der Waals surface area contributed by atoms with Gasteiger partial charge in [-0.3, -0.25) is 14.4 Å². The number of hydrogen-bond acceptors (Lipinski definition) is 6. The lowest BCUT2D eigenvalue weighted by Crippen LogP contribution is -2.59. The average molecular weight is 581 g/mol. The highest BCUT2D eigenvalue weighted by Crippen LogP contribution is 2.60. The minimum absolute atomic E-state index is 0.0942. The largest absolute Gasteiger partial charge is 0.494 e. The fourth-order valence-corrected chi connectivity index (χ4v) is 7.10. The topological polar surface area (TPSA) is 117 Å². The van der Waals surface area contributed by atoms with Gasteiger partial charge in [0.1, 0.15) is 17.4 Å². The van der Waals surface area contributed by atoms with Crippen LogP contribution in [0.5, 0.6) is 5.75 Å². The van der Waals surface area contributed by atoms with Crippen LogP contribution < -0.4 is 15.4 Å². The monoisotopic (exact) mass is 579 g/mol. The maximum Gasteiger partial charge on any atom is 0.245 e. The Labute approximate surface area is 226 Å². The second kappa shape index (κ2) is 11.3. The van der Waals surface area contributed by atoms with Gasteiger partial charge >= 0.3 is 0 Å². The zero-order valence-electron chi connectivity index (χ0n) is 21.9. The number of carbonyl (C=O) groups is 3. The summed E-state index contributed by atoms with van der Waals surface area (Å²) in [5.74, 6) is -1.92. The minimum atomic E-state index is -1.14. The van der Waals surface area contributed by atoms with Gasteiger partial charge < -0.3 is 30.1 Å². The number of fused-ring (bicyclic) bond motifs is 1. The first-order valence-electron chi connectivity index (χ1n) is 13.3. The number of aliphatic hydroxyl groups excluding tert-OH is 1. The molecule has 1 aromatic rings. The van der Waals surface area contributed by atoms with Crippen molar-refractivity contribution in [3.8, 4) is 5.75 Å². The first-order valence-corrected chi connectivity index (χ1v) is 14.2. The molecule has 1 spiro atoms. The molecule has 0 aromatic heterocycles. The highest BCUT2D eigenvalue weighted by atomic mass is 79.9. The molecule has 3 saturated heterocycles. The molecule has 0 saturated carbocycles. The Morgan fingerprint density at radius 1 is 1.24 bits per heavy atom. The van der Waals surface area contributed by atoms with Gasteiger partial charge in [-0.25, -0.2) is 0 Å². The lowest BCUT2D eigenvalue weighted by Gasteiger charge is -2.38. The molecular formula is C27H38BrN3O6. The van der Waals surface area contributed by atoms with Gasteiger partial charge in [-0.05, 0) is 49.9 Å². The summed E-state index contributed by atoms with van der Waals surface area (Å²) >= 11 is 3.68. The van der Waals surface area contributed by atoms with Gasteiger partial charge in [-0.1, -0.05) is 43.1 Å². The van der Waals surface area contributed by atoms with E-state index in [9.17, 15) is 19.5 Å². The maximum atomic E-state index is 14.1. The quantitative estimate of drug-likeness (QED) is 0.274. The van der Waals surface area contributed by atoms with E-state index < -0.39 is 35.6 Å². The standard InChI is InChI=1S/C27H38BrN3O6/c1-5-7-12-29-25(34)23-27-13-18(28)22(37-27)20(21(27)26(35)31(23)19(14-32)15(3)4)24(33)30-16-8-10-17(11-9-16)36-6-2/h8-11,15,18-23,32H,5-7,12-14H2,1-4H3,(H,29,34)(H,30,33)/t18?,19-,20+,21-,22+,23?,27?/m0/s1. The van der Waals surface area contributed by atoms with Gasteiger partial charge in [0.2, 0.25) is 17.7 Å². The number of anilines is 1. The van der Waals surface area contributed by atoms with Gasteiger partial charge in [0.05, 0.1) is 37.2 Å². The number of carbonyl (C=O) groups excluding carboxylic acids is 3. The average Bonchev–Trinajstić information content (AvgIpc) is 3.45. The van der Waals surface area contributed by atoms with Crippen LogP contribution in [0.25, 0.3) is 0 Å². The van der Waals surface area contributed by atoms with E-state index in [1.165, 1.54) is 4.90 Å². The molecule has 2 bridgehead atoms. The van der Waals surface area contributed by atoms with Crippen LogP contribution in [0.4, 0.5) is 5.69 Å². The summed E-state index contributed by atoms with van der Waals surface area (Å²) in [6.45, 7) is 8.51. The number of unbranched alkanes of at least 4 members (excludes halogenated alkanes) is 1. The van der Waals surface area contributed by atoms with Crippen LogP contribution in [-0.2, 0) is 19.1 Å². The number of nitrogens with zero attached hydrogens (tertiary/aromatic N) is 1. The number of nitrogens with one attached hydrogen (secondary N) is 2. The molecule has 9 nitrogen and oxygen atoms in total. The predicted octanol–water partition coefficient (Wildman–Crippen LogP) is 2.71. The molecule has 0 aliphatic carbocycles. The Morgan fingerprint density at radius 2 is 1.95 bits per heavy atom. The summed E-state index contributed by atoms with van der Waals surface area (Å²) in [4.78, 5) is 42.6. The highest BCUT2D eigenvalue weighted by Gasteiger charge is 2.77. The Bertz CT molecular complexity index is 1000. The number of halogens is 1. The summed E-state index contributed by atoms with van der Waals surface area (Å²) in [7, 11) is 0. The zero-order valence-corrected chi connectivity index (χ0v) is 23.5. The van der Waals surface area contributed by atoms with Crippen LogP contribution >= 0.6 is 15.9 Å². The third kappa shape index (κ3) is 4.88. The summed E-state index contributed by atoms with van der Waals surface area (Å²) in [5.41, 5.74) is -0.557. The van der Waals surface area contributed by atoms with Crippen molar-refractivity contribution in [1.29, 1.82) is 0 Å². The van der Waals surface area contributed by atoms with Crippen molar-refractivity contribution in [1.82, 2.24) is 10.2 Å². The molecule has 204 valence electrons. The maximum absolute atomic E-state index is 14.1.